The van der Waals surface area contributed by atoms with Gasteiger partial charge in [-0.2, -0.15) is 15.0 Å². The van der Waals surface area contributed by atoms with Crippen LogP contribution in [0.3, 0.4) is 0 Å². The topological polar surface area (TPSA) is 59.9 Å². The lowest BCUT2D eigenvalue weighted by atomic mass is 10.2. The first-order valence-corrected chi connectivity index (χ1v) is 7.43. The van der Waals surface area contributed by atoms with Crippen LogP contribution in [0.4, 0.5) is 16.0 Å². The van der Waals surface area contributed by atoms with Crippen LogP contribution in [0, 0.1) is 12.7 Å². The molecule has 1 N–H and O–H groups in total. The number of halogens is 3. The number of nitrogens with zero attached hydrogens (tertiary/aromatic N) is 3. The zero-order valence-corrected chi connectivity index (χ0v) is 13.8. The summed E-state index contributed by atoms with van der Waals surface area (Å²) in [5.41, 5.74) is 1.37. The molecule has 0 spiro atoms. The molecule has 0 aliphatic heterocycles. The molecule has 0 aliphatic carbocycles. The van der Waals surface area contributed by atoms with E-state index < -0.39 is 0 Å². The van der Waals surface area contributed by atoms with Gasteiger partial charge in [0, 0.05) is 5.69 Å². The van der Waals surface area contributed by atoms with Crippen molar-refractivity contribution in [3.63, 3.8) is 0 Å². The van der Waals surface area contributed by atoms with Crippen LogP contribution in [0.15, 0.2) is 16.6 Å². The Hall–Kier alpha value is -1.47. The van der Waals surface area contributed by atoms with Crippen molar-refractivity contribution in [1.29, 1.82) is 0 Å². The van der Waals surface area contributed by atoms with Crippen LogP contribution >= 0.6 is 27.5 Å². The number of anilines is 2. The van der Waals surface area contributed by atoms with Gasteiger partial charge in [0.1, 0.15) is 5.82 Å². The molecule has 0 radical (unpaired) electrons. The van der Waals surface area contributed by atoms with Gasteiger partial charge in [-0.1, -0.05) is 6.92 Å². The van der Waals surface area contributed by atoms with Crippen LogP contribution < -0.4 is 10.1 Å². The molecule has 0 bridgehead atoms. The predicted molar refractivity (Wildman–Crippen MR) is 82.7 cm³/mol. The molecule has 0 fully saturated rings. The molecule has 2 aromatic rings. The highest BCUT2D eigenvalue weighted by molar-refractivity contribution is 9.10. The summed E-state index contributed by atoms with van der Waals surface area (Å²) in [6.45, 7) is 4.23. The second kappa shape index (κ2) is 7.00. The summed E-state index contributed by atoms with van der Waals surface area (Å²) >= 11 is 8.98. The van der Waals surface area contributed by atoms with E-state index in [9.17, 15) is 4.39 Å². The summed E-state index contributed by atoms with van der Waals surface area (Å²) in [5.74, 6) is -0.0959. The van der Waals surface area contributed by atoms with E-state index in [1.807, 2.05) is 6.92 Å². The zero-order valence-electron chi connectivity index (χ0n) is 11.5. The van der Waals surface area contributed by atoms with Gasteiger partial charge in [0.25, 0.3) is 0 Å². The van der Waals surface area contributed by atoms with Crippen LogP contribution in [0.2, 0.25) is 5.28 Å². The van der Waals surface area contributed by atoms with Crippen molar-refractivity contribution in [2.45, 2.75) is 20.3 Å². The second-order valence-corrected chi connectivity index (χ2v) is 5.46. The lowest BCUT2D eigenvalue weighted by molar-refractivity contribution is 0.292. The molecule has 1 aromatic heterocycles. The van der Waals surface area contributed by atoms with Gasteiger partial charge in [-0.3, -0.25) is 0 Å². The quantitative estimate of drug-likeness (QED) is 0.846. The number of rotatable bonds is 5. The highest BCUT2D eigenvalue weighted by Crippen LogP contribution is 2.26. The standard InChI is InChI=1S/C13H13BrClFN4O/c1-3-4-21-13-19-11(15)18-12(20-13)17-10-6-8(14)9(16)5-7(10)2/h5-6H,3-4H2,1-2H3,(H,17,18,19,20). The third-order valence-corrected chi connectivity index (χ3v) is 3.31. The molecule has 8 heteroatoms. The Kier molecular flexibility index (Phi) is 5.30. The van der Waals surface area contributed by atoms with Crippen molar-refractivity contribution in [2.24, 2.45) is 0 Å². The SMILES string of the molecule is CCCOc1nc(Cl)nc(Nc2cc(Br)c(F)cc2C)n1. The highest BCUT2D eigenvalue weighted by Gasteiger charge is 2.10. The molecule has 0 unspecified atom stereocenters. The van der Waals surface area contributed by atoms with Crippen molar-refractivity contribution in [3.8, 4) is 6.01 Å². The first-order valence-electron chi connectivity index (χ1n) is 6.26. The minimum absolute atomic E-state index is 0.0254. The molecular formula is C13H13BrClFN4O. The van der Waals surface area contributed by atoms with E-state index in [0.717, 1.165) is 6.42 Å². The average molecular weight is 376 g/mol. The molecule has 112 valence electrons. The Balaban J connectivity index is 2.27. The van der Waals surface area contributed by atoms with Crippen molar-refractivity contribution in [3.05, 3.63) is 33.3 Å². The number of hydrogen-bond donors (Lipinski definition) is 1. The second-order valence-electron chi connectivity index (χ2n) is 4.27. The van der Waals surface area contributed by atoms with Crippen LogP contribution in [0.25, 0.3) is 0 Å². The van der Waals surface area contributed by atoms with Gasteiger partial charge in [-0.25, -0.2) is 4.39 Å². The van der Waals surface area contributed by atoms with Crippen molar-refractivity contribution in [1.82, 2.24) is 15.0 Å². The molecule has 5 nitrogen and oxygen atoms in total. The normalized spacial score (nSPS) is 10.5. The molecule has 0 saturated heterocycles. The maximum atomic E-state index is 13.4. The Bertz CT molecular complexity index is 656. The van der Waals surface area contributed by atoms with E-state index >= 15 is 0 Å². The van der Waals surface area contributed by atoms with Crippen molar-refractivity contribution < 1.29 is 9.13 Å². The summed E-state index contributed by atoms with van der Waals surface area (Å²) in [6.07, 6.45) is 0.829. The summed E-state index contributed by atoms with van der Waals surface area (Å²) in [6, 6.07) is 3.16. The average Bonchev–Trinajstić information content (AvgIpc) is 2.42. The Morgan fingerprint density at radius 1 is 1.33 bits per heavy atom. The Labute approximate surface area is 135 Å². The van der Waals surface area contributed by atoms with Gasteiger partial charge in [-0.05, 0) is 58.6 Å². The molecule has 2 rings (SSSR count). The maximum absolute atomic E-state index is 13.4. The maximum Gasteiger partial charge on any atom is 0.322 e. The Morgan fingerprint density at radius 3 is 2.81 bits per heavy atom. The third kappa shape index (κ3) is 4.25. The zero-order chi connectivity index (χ0) is 15.4. The summed E-state index contributed by atoms with van der Waals surface area (Å²) in [4.78, 5) is 12.0. The minimum Gasteiger partial charge on any atom is -0.463 e. The fraction of sp³-hybridized carbons (Fsp3) is 0.308. The first-order chi connectivity index (χ1) is 9.99. The van der Waals surface area contributed by atoms with E-state index in [1.165, 1.54) is 6.07 Å². The number of ether oxygens (including phenoxy) is 1. The largest absolute Gasteiger partial charge is 0.463 e. The minimum atomic E-state index is -0.335. The van der Waals surface area contributed by atoms with Crippen LogP contribution in [0.1, 0.15) is 18.9 Å². The van der Waals surface area contributed by atoms with Gasteiger partial charge in [0.2, 0.25) is 11.2 Å². The molecule has 0 saturated carbocycles. The van der Waals surface area contributed by atoms with E-state index in [1.54, 1.807) is 13.0 Å². The third-order valence-electron chi connectivity index (χ3n) is 2.54. The molecular weight excluding hydrogens is 363 g/mol. The molecule has 0 aliphatic rings. The van der Waals surface area contributed by atoms with Gasteiger partial charge in [0.15, 0.2) is 0 Å². The Morgan fingerprint density at radius 2 is 2.10 bits per heavy atom. The summed E-state index contributed by atoms with van der Waals surface area (Å²) < 4.78 is 19.1. The lowest BCUT2D eigenvalue weighted by Crippen LogP contribution is -2.05. The molecule has 1 aromatic carbocycles. The monoisotopic (exact) mass is 374 g/mol. The molecule has 1 heterocycles. The molecule has 21 heavy (non-hydrogen) atoms. The van der Waals surface area contributed by atoms with Gasteiger partial charge >= 0.3 is 6.01 Å². The summed E-state index contributed by atoms with van der Waals surface area (Å²) in [7, 11) is 0. The van der Waals surface area contributed by atoms with E-state index in [-0.39, 0.29) is 23.1 Å². The van der Waals surface area contributed by atoms with E-state index in [0.29, 0.717) is 22.3 Å². The first kappa shape index (κ1) is 15.9. The predicted octanol–water partition coefficient (Wildman–Crippen LogP) is 4.27. The van der Waals surface area contributed by atoms with Crippen LogP contribution in [0.5, 0.6) is 6.01 Å². The number of hydrogen-bond acceptors (Lipinski definition) is 5. The van der Waals surface area contributed by atoms with Gasteiger partial charge in [0.05, 0.1) is 11.1 Å². The van der Waals surface area contributed by atoms with Gasteiger partial charge < -0.3 is 10.1 Å². The smallest absolute Gasteiger partial charge is 0.322 e. The number of nitrogens with one attached hydrogen (secondary N) is 1. The number of benzene rings is 1. The van der Waals surface area contributed by atoms with Crippen molar-refractivity contribution in [2.75, 3.05) is 11.9 Å². The molecule has 0 amide bonds. The van der Waals surface area contributed by atoms with E-state index in [2.05, 4.69) is 36.2 Å². The highest BCUT2D eigenvalue weighted by atomic mass is 79.9. The molecule has 0 atom stereocenters. The number of aromatic nitrogens is 3. The number of aryl methyl sites for hydroxylation is 1. The summed E-state index contributed by atoms with van der Waals surface area (Å²) in [5, 5.41) is 3.00. The fourth-order valence-corrected chi connectivity index (χ4v) is 2.04. The van der Waals surface area contributed by atoms with Gasteiger partial charge in [-0.15, -0.1) is 0 Å². The van der Waals surface area contributed by atoms with Crippen LogP contribution in [-0.2, 0) is 0 Å². The lowest BCUT2D eigenvalue weighted by Gasteiger charge is -2.10. The fourth-order valence-electron chi connectivity index (χ4n) is 1.55. The van der Waals surface area contributed by atoms with Crippen LogP contribution in [-0.4, -0.2) is 21.6 Å². The van der Waals surface area contributed by atoms with Crippen molar-refractivity contribution >= 4 is 39.2 Å². The van der Waals surface area contributed by atoms with E-state index in [4.69, 9.17) is 16.3 Å².